The van der Waals surface area contributed by atoms with Crippen LogP contribution in [0.5, 0.6) is 5.75 Å². The van der Waals surface area contributed by atoms with Gasteiger partial charge in [-0.25, -0.2) is 9.18 Å². The minimum Gasteiger partial charge on any atom is -0.494 e. The van der Waals surface area contributed by atoms with Crippen LogP contribution >= 0.6 is 0 Å². The van der Waals surface area contributed by atoms with E-state index in [1.54, 1.807) is 6.92 Å². The zero-order chi connectivity index (χ0) is 17.9. The van der Waals surface area contributed by atoms with Crippen LogP contribution in [-0.4, -0.2) is 30.0 Å². The minimum absolute atomic E-state index is 0.258. The van der Waals surface area contributed by atoms with Gasteiger partial charge in [0.15, 0.2) is 0 Å². The van der Waals surface area contributed by atoms with E-state index < -0.39 is 11.6 Å². The molecule has 130 valence electrons. The molecule has 1 atom stereocenters. The number of nitrogens with one attached hydrogen (secondary N) is 1. The third-order valence-electron chi connectivity index (χ3n) is 4.23. The molecule has 0 aliphatic carbocycles. The fourth-order valence-corrected chi connectivity index (χ4v) is 2.81. The van der Waals surface area contributed by atoms with Crippen molar-refractivity contribution in [1.82, 2.24) is 10.2 Å². The van der Waals surface area contributed by atoms with E-state index in [2.05, 4.69) is 5.32 Å². The standard InChI is InChI=1S/C19H19FN2O3/c1-19(14-6-3-2-4-7-14)17(23)22(18(24)21-19)12-5-13-25-16-10-8-15(20)9-11-16/h2-4,6-11H,5,12-13H2,1H3,(H,21,24)/t19-/m1/s1. The lowest BCUT2D eigenvalue weighted by Gasteiger charge is -2.22. The van der Waals surface area contributed by atoms with Crippen molar-refractivity contribution >= 4 is 11.9 Å². The molecule has 0 bridgehead atoms. The van der Waals surface area contributed by atoms with Crippen molar-refractivity contribution in [3.8, 4) is 5.75 Å². The molecule has 3 amide bonds. The zero-order valence-electron chi connectivity index (χ0n) is 13.9. The monoisotopic (exact) mass is 342 g/mol. The van der Waals surface area contributed by atoms with Gasteiger partial charge in [-0.2, -0.15) is 0 Å². The average molecular weight is 342 g/mol. The maximum Gasteiger partial charge on any atom is 0.325 e. The molecule has 0 radical (unpaired) electrons. The SMILES string of the molecule is C[C@]1(c2ccccc2)NC(=O)N(CCCOc2ccc(F)cc2)C1=O. The van der Waals surface area contributed by atoms with E-state index >= 15 is 0 Å². The first-order valence-electron chi connectivity index (χ1n) is 8.09. The summed E-state index contributed by atoms with van der Waals surface area (Å²) in [5, 5.41) is 2.77. The molecule has 0 spiro atoms. The number of hydrogen-bond acceptors (Lipinski definition) is 3. The van der Waals surface area contributed by atoms with Gasteiger partial charge in [0.1, 0.15) is 17.1 Å². The molecule has 1 saturated heterocycles. The lowest BCUT2D eigenvalue weighted by Crippen LogP contribution is -2.41. The molecule has 6 heteroatoms. The van der Waals surface area contributed by atoms with E-state index in [-0.39, 0.29) is 18.3 Å². The average Bonchev–Trinajstić information content (AvgIpc) is 2.84. The number of benzene rings is 2. The first-order valence-corrected chi connectivity index (χ1v) is 8.09. The van der Waals surface area contributed by atoms with Gasteiger partial charge in [-0.1, -0.05) is 30.3 Å². The Labute approximate surface area is 145 Å². The molecule has 0 unspecified atom stereocenters. The first kappa shape index (κ1) is 17.0. The summed E-state index contributed by atoms with van der Waals surface area (Å²) in [6, 6.07) is 14.5. The van der Waals surface area contributed by atoms with Crippen LogP contribution in [0.15, 0.2) is 54.6 Å². The van der Waals surface area contributed by atoms with Gasteiger partial charge in [-0.15, -0.1) is 0 Å². The van der Waals surface area contributed by atoms with E-state index in [9.17, 15) is 14.0 Å². The number of imide groups is 1. The lowest BCUT2D eigenvalue weighted by molar-refractivity contribution is -0.131. The van der Waals surface area contributed by atoms with Crippen LogP contribution in [0, 0.1) is 5.82 Å². The molecule has 1 fully saturated rings. The molecule has 1 aliphatic rings. The summed E-state index contributed by atoms with van der Waals surface area (Å²) in [5.74, 6) is -0.0508. The number of carbonyl (C=O) groups is 2. The van der Waals surface area contributed by atoms with Gasteiger partial charge < -0.3 is 10.1 Å². The van der Waals surface area contributed by atoms with Crippen LogP contribution in [0.3, 0.4) is 0 Å². The number of hydrogen-bond donors (Lipinski definition) is 1. The fraction of sp³-hybridized carbons (Fsp3) is 0.263. The van der Waals surface area contributed by atoms with Crippen molar-refractivity contribution < 1.29 is 18.7 Å². The molecule has 5 nitrogen and oxygen atoms in total. The molecule has 25 heavy (non-hydrogen) atoms. The van der Waals surface area contributed by atoms with E-state index in [0.717, 1.165) is 5.56 Å². The summed E-state index contributed by atoms with van der Waals surface area (Å²) in [6.07, 6.45) is 0.488. The van der Waals surface area contributed by atoms with Crippen molar-refractivity contribution in [2.45, 2.75) is 18.9 Å². The van der Waals surface area contributed by atoms with Crippen LogP contribution in [0.25, 0.3) is 0 Å². The van der Waals surface area contributed by atoms with Gasteiger partial charge in [-0.05, 0) is 43.2 Å². The Morgan fingerprint density at radius 3 is 2.44 bits per heavy atom. The Morgan fingerprint density at radius 2 is 1.76 bits per heavy atom. The van der Waals surface area contributed by atoms with E-state index in [1.165, 1.54) is 29.2 Å². The molecule has 2 aromatic rings. The summed E-state index contributed by atoms with van der Waals surface area (Å²) >= 11 is 0. The number of halogens is 1. The summed E-state index contributed by atoms with van der Waals surface area (Å²) in [6.45, 7) is 2.29. The van der Waals surface area contributed by atoms with Crippen LogP contribution in [0.4, 0.5) is 9.18 Å². The predicted octanol–water partition coefficient (Wildman–Crippen LogP) is 3.06. The Morgan fingerprint density at radius 1 is 1.08 bits per heavy atom. The number of carbonyl (C=O) groups excluding carboxylic acids is 2. The van der Waals surface area contributed by atoms with Gasteiger partial charge in [0.25, 0.3) is 5.91 Å². The van der Waals surface area contributed by atoms with Crippen molar-refractivity contribution in [2.24, 2.45) is 0 Å². The topological polar surface area (TPSA) is 58.6 Å². The van der Waals surface area contributed by atoms with Crippen molar-refractivity contribution in [1.29, 1.82) is 0 Å². The van der Waals surface area contributed by atoms with Gasteiger partial charge in [0.05, 0.1) is 6.61 Å². The Balaban J connectivity index is 1.57. The molecule has 2 aromatic carbocycles. The molecular weight excluding hydrogens is 323 g/mol. The van der Waals surface area contributed by atoms with Crippen LogP contribution in [0.1, 0.15) is 18.9 Å². The summed E-state index contributed by atoms with van der Waals surface area (Å²) in [5.41, 5.74) is -0.297. The van der Waals surface area contributed by atoms with Gasteiger partial charge in [0, 0.05) is 6.54 Å². The highest BCUT2D eigenvalue weighted by atomic mass is 19.1. The van der Waals surface area contributed by atoms with Crippen LogP contribution in [-0.2, 0) is 10.3 Å². The van der Waals surface area contributed by atoms with E-state index in [1.807, 2.05) is 30.3 Å². The molecule has 0 aromatic heterocycles. The maximum atomic E-state index is 12.8. The zero-order valence-corrected chi connectivity index (χ0v) is 13.9. The Kier molecular flexibility index (Phi) is 4.70. The maximum absolute atomic E-state index is 12.8. The molecule has 0 saturated carbocycles. The van der Waals surface area contributed by atoms with Crippen LogP contribution < -0.4 is 10.1 Å². The number of nitrogens with zero attached hydrogens (tertiary/aromatic N) is 1. The summed E-state index contributed by atoms with van der Waals surface area (Å²) in [7, 11) is 0. The summed E-state index contributed by atoms with van der Waals surface area (Å²) in [4.78, 5) is 26.1. The second-order valence-corrected chi connectivity index (χ2v) is 6.03. The number of amides is 3. The number of ether oxygens (including phenoxy) is 1. The lowest BCUT2D eigenvalue weighted by atomic mass is 9.92. The van der Waals surface area contributed by atoms with E-state index in [4.69, 9.17) is 4.74 Å². The molecule has 1 N–H and O–H groups in total. The third kappa shape index (κ3) is 3.47. The highest BCUT2D eigenvalue weighted by molar-refractivity contribution is 6.07. The van der Waals surface area contributed by atoms with Crippen molar-refractivity contribution in [2.75, 3.05) is 13.2 Å². The Hall–Kier alpha value is -2.89. The largest absolute Gasteiger partial charge is 0.494 e. The van der Waals surface area contributed by atoms with Crippen LogP contribution in [0.2, 0.25) is 0 Å². The smallest absolute Gasteiger partial charge is 0.325 e. The second kappa shape index (κ2) is 6.93. The quantitative estimate of drug-likeness (QED) is 0.648. The summed E-state index contributed by atoms with van der Waals surface area (Å²) < 4.78 is 18.3. The predicted molar refractivity (Wildman–Crippen MR) is 90.6 cm³/mol. The highest BCUT2D eigenvalue weighted by Crippen LogP contribution is 2.28. The van der Waals surface area contributed by atoms with Gasteiger partial charge >= 0.3 is 6.03 Å². The fourth-order valence-electron chi connectivity index (χ4n) is 2.81. The number of rotatable bonds is 6. The second-order valence-electron chi connectivity index (χ2n) is 6.03. The van der Waals surface area contributed by atoms with Gasteiger partial charge in [-0.3, -0.25) is 9.69 Å². The first-order chi connectivity index (χ1) is 12.0. The van der Waals surface area contributed by atoms with Crippen molar-refractivity contribution in [3.63, 3.8) is 0 Å². The van der Waals surface area contributed by atoms with E-state index in [0.29, 0.717) is 18.8 Å². The normalized spacial score (nSPS) is 19.8. The highest BCUT2D eigenvalue weighted by Gasteiger charge is 2.48. The van der Waals surface area contributed by atoms with Crippen molar-refractivity contribution in [3.05, 3.63) is 66.0 Å². The molecule has 3 rings (SSSR count). The molecule has 1 heterocycles. The number of urea groups is 1. The Bertz CT molecular complexity index is 764. The third-order valence-corrected chi connectivity index (χ3v) is 4.23. The van der Waals surface area contributed by atoms with Gasteiger partial charge in [0.2, 0.25) is 0 Å². The minimum atomic E-state index is -1.05. The molecular formula is C19H19FN2O3. The molecule has 1 aliphatic heterocycles.